The highest BCUT2D eigenvalue weighted by atomic mass is 16.4. The van der Waals surface area contributed by atoms with Crippen LogP contribution in [0.25, 0.3) is 0 Å². The molecule has 0 spiro atoms. The van der Waals surface area contributed by atoms with E-state index in [0.29, 0.717) is 5.56 Å². The lowest BCUT2D eigenvalue weighted by molar-refractivity contribution is 0.0691. The number of aromatic nitrogens is 1. The van der Waals surface area contributed by atoms with E-state index in [0.717, 1.165) is 0 Å². The predicted octanol–water partition coefficient (Wildman–Crippen LogP) is 0.895. The van der Waals surface area contributed by atoms with Crippen LogP contribution >= 0.6 is 0 Å². The average molecular weight is 124 g/mol. The topological polar surface area (TPSA) is 53.1 Å². The summed E-state index contributed by atoms with van der Waals surface area (Å²) in [5, 5.41) is 8.38. The van der Waals surface area contributed by atoms with Gasteiger partial charge in [-0.1, -0.05) is 0 Å². The van der Waals surface area contributed by atoms with Gasteiger partial charge in [-0.2, -0.15) is 0 Å². The molecule has 0 unspecified atom stereocenters. The van der Waals surface area contributed by atoms with Gasteiger partial charge in [0.1, 0.15) is 5.69 Å². The van der Waals surface area contributed by atoms with Crippen LogP contribution < -0.4 is 0 Å². The highest BCUT2D eigenvalue weighted by Gasteiger charge is 2.05. The highest BCUT2D eigenvalue weighted by Crippen LogP contribution is 2.02. The first-order valence-corrected chi connectivity index (χ1v) is 2.44. The first-order chi connectivity index (χ1) is 4.22. The summed E-state index contributed by atoms with van der Waals surface area (Å²) in [4.78, 5) is 12.8. The van der Waals surface area contributed by atoms with Crippen LogP contribution in [-0.4, -0.2) is 16.1 Å². The van der Waals surface area contributed by atoms with Crippen molar-refractivity contribution in [1.82, 2.24) is 4.98 Å². The second-order valence-electron chi connectivity index (χ2n) is 1.68. The number of carbonyl (C=O) groups is 1. The van der Waals surface area contributed by atoms with Crippen LogP contribution in [0.1, 0.15) is 16.1 Å². The highest BCUT2D eigenvalue weighted by molar-refractivity contribution is 5.87. The minimum atomic E-state index is -0.968. The summed E-state index contributed by atoms with van der Waals surface area (Å²) in [5.41, 5.74) is 0.678. The van der Waals surface area contributed by atoms with Gasteiger partial charge in [-0.15, -0.1) is 0 Å². The Hall–Kier alpha value is -1.25. The summed E-state index contributed by atoms with van der Waals surface area (Å²) in [5.74, 6) is -0.968. The third-order valence-corrected chi connectivity index (χ3v) is 1.05. The van der Waals surface area contributed by atoms with Gasteiger partial charge in [-0.3, -0.25) is 0 Å². The summed E-state index contributed by atoms with van der Waals surface area (Å²) < 4.78 is 0. The molecular weight excluding hydrogens is 118 g/mol. The molecule has 9 heavy (non-hydrogen) atoms. The lowest BCUT2D eigenvalue weighted by Gasteiger charge is -1.87. The third kappa shape index (κ3) is 0.937. The number of hydrogen-bond donors (Lipinski definition) is 2. The molecule has 1 aromatic heterocycles. The van der Waals surface area contributed by atoms with E-state index in [1.807, 2.05) is 0 Å². The molecule has 0 atom stereocenters. The van der Waals surface area contributed by atoms with E-state index in [9.17, 15) is 4.79 Å². The molecular formula is C6H6NO2. The van der Waals surface area contributed by atoms with Crippen molar-refractivity contribution >= 4 is 5.97 Å². The van der Waals surface area contributed by atoms with E-state index in [2.05, 4.69) is 11.9 Å². The number of carboxylic acids is 1. The first-order valence-electron chi connectivity index (χ1n) is 2.44. The Morgan fingerprint density at radius 2 is 2.44 bits per heavy atom. The Labute approximate surface area is 52.3 Å². The van der Waals surface area contributed by atoms with Gasteiger partial charge in [-0.25, -0.2) is 4.79 Å². The molecule has 0 saturated heterocycles. The largest absolute Gasteiger partial charge is 0.477 e. The second-order valence-corrected chi connectivity index (χ2v) is 1.68. The summed E-state index contributed by atoms with van der Waals surface area (Å²) in [6, 6.07) is 1.61. The summed E-state index contributed by atoms with van der Waals surface area (Å²) in [7, 11) is 0. The molecule has 0 aliphatic rings. The number of hydrogen-bond acceptors (Lipinski definition) is 1. The molecule has 1 rings (SSSR count). The van der Waals surface area contributed by atoms with E-state index in [-0.39, 0.29) is 5.69 Å². The van der Waals surface area contributed by atoms with E-state index in [1.54, 1.807) is 12.3 Å². The fourth-order valence-electron chi connectivity index (χ4n) is 0.601. The van der Waals surface area contributed by atoms with Crippen molar-refractivity contribution in [2.75, 3.05) is 0 Å². The maximum absolute atomic E-state index is 10.2. The van der Waals surface area contributed by atoms with Gasteiger partial charge >= 0.3 is 5.97 Å². The van der Waals surface area contributed by atoms with Crippen molar-refractivity contribution in [3.8, 4) is 0 Å². The van der Waals surface area contributed by atoms with E-state index < -0.39 is 5.97 Å². The number of aromatic amines is 1. The molecule has 2 N–H and O–H groups in total. The molecule has 0 bridgehead atoms. The van der Waals surface area contributed by atoms with E-state index >= 15 is 0 Å². The molecule has 0 aromatic carbocycles. The van der Waals surface area contributed by atoms with E-state index in [1.165, 1.54) is 0 Å². The molecule has 0 aliphatic heterocycles. The summed E-state index contributed by atoms with van der Waals surface area (Å²) in [6.45, 7) is 3.49. The van der Waals surface area contributed by atoms with Gasteiger partial charge in [0.05, 0.1) is 0 Å². The fourth-order valence-corrected chi connectivity index (χ4v) is 0.601. The van der Waals surface area contributed by atoms with Crippen molar-refractivity contribution in [3.63, 3.8) is 0 Å². The van der Waals surface area contributed by atoms with Crippen molar-refractivity contribution in [2.45, 2.75) is 0 Å². The normalized spacial score (nSPS) is 9.44. The zero-order valence-corrected chi connectivity index (χ0v) is 4.72. The lowest BCUT2D eigenvalue weighted by Crippen LogP contribution is -1.97. The minimum absolute atomic E-state index is 0.162. The quantitative estimate of drug-likeness (QED) is 0.584. The van der Waals surface area contributed by atoms with Crippen molar-refractivity contribution in [1.29, 1.82) is 0 Å². The monoisotopic (exact) mass is 124 g/mol. The first kappa shape index (κ1) is 5.88. The average Bonchev–Trinajstić information content (AvgIpc) is 2.13. The van der Waals surface area contributed by atoms with Crippen LogP contribution in [-0.2, 0) is 0 Å². The molecule has 0 aliphatic carbocycles. The van der Waals surface area contributed by atoms with Gasteiger partial charge < -0.3 is 10.1 Å². The Kier molecular flexibility index (Phi) is 1.26. The second kappa shape index (κ2) is 1.93. The fraction of sp³-hybridized carbons (Fsp3) is 0. The molecule has 0 saturated carbocycles. The zero-order valence-electron chi connectivity index (χ0n) is 4.72. The Balaban J connectivity index is 3.08. The van der Waals surface area contributed by atoms with Crippen molar-refractivity contribution < 1.29 is 9.90 Å². The molecule has 1 aromatic rings. The third-order valence-electron chi connectivity index (χ3n) is 1.05. The minimum Gasteiger partial charge on any atom is -0.477 e. The molecule has 0 amide bonds. The maximum atomic E-state index is 10.2. The molecule has 3 heteroatoms. The van der Waals surface area contributed by atoms with Gasteiger partial charge in [0.25, 0.3) is 0 Å². The predicted molar refractivity (Wildman–Crippen MR) is 32.2 cm³/mol. The zero-order chi connectivity index (χ0) is 6.85. The van der Waals surface area contributed by atoms with Crippen LogP contribution in [0.5, 0.6) is 0 Å². The standard InChI is InChI=1S/C6H6NO2/c1-4-2-3-7-5(4)6(8)9/h2-3,7H,1H2,(H,8,9). The Morgan fingerprint density at radius 3 is 2.67 bits per heavy atom. The van der Waals surface area contributed by atoms with Crippen molar-refractivity contribution in [2.24, 2.45) is 0 Å². The smallest absolute Gasteiger partial charge is 0.352 e. The van der Waals surface area contributed by atoms with E-state index in [4.69, 9.17) is 5.11 Å². The molecule has 1 radical (unpaired) electrons. The number of nitrogens with one attached hydrogen (secondary N) is 1. The Morgan fingerprint density at radius 1 is 1.78 bits per heavy atom. The van der Waals surface area contributed by atoms with Gasteiger partial charge in [-0.05, 0) is 18.6 Å². The summed E-state index contributed by atoms with van der Waals surface area (Å²) >= 11 is 0. The molecule has 47 valence electrons. The molecule has 0 fully saturated rings. The summed E-state index contributed by atoms with van der Waals surface area (Å²) in [6.07, 6.45) is 1.55. The number of rotatable bonds is 1. The Bertz CT molecular complexity index is 227. The van der Waals surface area contributed by atoms with Crippen molar-refractivity contribution in [3.05, 3.63) is 30.4 Å². The van der Waals surface area contributed by atoms with Crippen LogP contribution in [0.4, 0.5) is 0 Å². The van der Waals surface area contributed by atoms with Gasteiger partial charge in [0.15, 0.2) is 0 Å². The van der Waals surface area contributed by atoms with Gasteiger partial charge in [0, 0.05) is 6.20 Å². The molecule has 3 nitrogen and oxygen atoms in total. The van der Waals surface area contributed by atoms with Crippen LogP contribution in [0.2, 0.25) is 0 Å². The van der Waals surface area contributed by atoms with Crippen LogP contribution in [0, 0.1) is 6.92 Å². The van der Waals surface area contributed by atoms with Gasteiger partial charge in [0.2, 0.25) is 0 Å². The number of H-pyrrole nitrogens is 1. The maximum Gasteiger partial charge on any atom is 0.352 e. The van der Waals surface area contributed by atoms with Crippen LogP contribution in [0.15, 0.2) is 12.3 Å². The lowest BCUT2D eigenvalue weighted by atomic mass is 10.3. The molecule has 1 heterocycles. The number of carboxylic acid groups (broad SMARTS) is 1. The van der Waals surface area contributed by atoms with Crippen LogP contribution in [0.3, 0.4) is 0 Å². The number of aromatic carboxylic acids is 1. The SMILES string of the molecule is [CH2]c1cc[nH]c1C(=O)O.